The van der Waals surface area contributed by atoms with Crippen LogP contribution in [0, 0.1) is 5.82 Å². The first-order chi connectivity index (χ1) is 10.6. The Morgan fingerprint density at radius 3 is 2.91 bits per heavy atom. The van der Waals surface area contributed by atoms with E-state index in [2.05, 4.69) is 19.9 Å². The minimum Gasteiger partial charge on any atom is -0.379 e. The van der Waals surface area contributed by atoms with E-state index in [0.29, 0.717) is 17.8 Å². The minimum atomic E-state index is -0.666. The summed E-state index contributed by atoms with van der Waals surface area (Å²) in [5, 5.41) is 0.317. The van der Waals surface area contributed by atoms with E-state index in [1.807, 2.05) is 0 Å². The zero-order valence-electron chi connectivity index (χ0n) is 11.7. The number of rotatable bonds is 1. The third-order valence-corrected chi connectivity index (χ3v) is 4.96. The van der Waals surface area contributed by atoms with Crippen molar-refractivity contribution in [1.29, 1.82) is 0 Å². The van der Waals surface area contributed by atoms with Crippen molar-refractivity contribution in [2.45, 2.75) is 24.8 Å². The normalized spacial score (nSPS) is 24.8. The number of hydrogen-bond donors (Lipinski definition) is 0. The maximum Gasteiger partial charge on any atom is 0.225 e. The molecule has 2 saturated heterocycles. The Morgan fingerprint density at radius 2 is 2.14 bits per heavy atom. The molecular formula is C14H13Cl2FN4O. The van der Waals surface area contributed by atoms with Crippen molar-refractivity contribution >= 4 is 39.9 Å². The molecule has 1 atom stereocenters. The molecule has 0 aliphatic carbocycles. The summed E-state index contributed by atoms with van der Waals surface area (Å²) >= 11 is 11.8. The highest BCUT2D eigenvalue weighted by Crippen LogP contribution is 2.41. The molecule has 2 aromatic rings. The first kappa shape index (κ1) is 14.4. The van der Waals surface area contributed by atoms with Crippen LogP contribution in [0.2, 0.25) is 10.4 Å². The quantitative estimate of drug-likeness (QED) is 0.588. The molecule has 0 saturated carbocycles. The van der Waals surface area contributed by atoms with Gasteiger partial charge in [-0.1, -0.05) is 11.6 Å². The fraction of sp³-hybridized carbons (Fsp3) is 0.500. The number of pyridine rings is 1. The molecule has 2 aromatic heterocycles. The van der Waals surface area contributed by atoms with Crippen molar-refractivity contribution in [3.05, 3.63) is 22.5 Å². The van der Waals surface area contributed by atoms with Gasteiger partial charge in [0.05, 0.1) is 17.5 Å². The molecule has 2 aliphatic heterocycles. The Morgan fingerprint density at radius 1 is 1.27 bits per heavy atom. The largest absolute Gasteiger partial charge is 0.379 e. The fourth-order valence-corrected chi connectivity index (χ4v) is 3.78. The van der Waals surface area contributed by atoms with Gasteiger partial charge in [-0.05, 0) is 30.9 Å². The molecule has 22 heavy (non-hydrogen) atoms. The second-order valence-corrected chi connectivity index (χ2v) is 6.42. The Hall–Kier alpha value is -1.24. The number of nitrogens with zero attached hydrogens (tertiary/aromatic N) is 4. The van der Waals surface area contributed by atoms with Gasteiger partial charge >= 0.3 is 0 Å². The van der Waals surface area contributed by atoms with Crippen molar-refractivity contribution in [2.75, 3.05) is 24.7 Å². The number of halogens is 3. The Bertz CT molecular complexity index is 746. The highest BCUT2D eigenvalue weighted by Gasteiger charge is 2.45. The van der Waals surface area contributed by atoms with Gasteiger partial charge in [-0.3, -0.25) is 0 Å². The lowest BCUT2D eigenvalue weighted by molar-refractivity contribution is 0.178. The summed E-state index contributed by atoms with van der Waals surface area (Å²) in [6.07, 6.45) is 4.50. The van der Waals surface area contributed by atoms with Gasteiger partial charge in [0, 0.05) is 19.3 Å². The van der Waals surface area contributed by atoms with Gasteiger partial charge < -0.3 is 9.64 Å². The van der Waals surface area contributed by atoms with Gasteiger partial charge in [0.2, 0.25) is 5.28 Å². The summed E-state index contributed by atoms with van der Waals surface area (Å²) in [6.45, 7) is 2.21. The third-order valence-electron chi connectivity index (χ3n) is 4.53. The summed E-state index contributed by atoms with van der Waals surface area (Å²) in [5.41, 5.74) is 0.0248. The van der Waals surface area contributed by atoms with Crippen molar-refractivity contribution in [3.63, 3.8) is 0 Å². The van der Waals surface area contributed by atoms with E-state index in [4.69, 9.17) is 27.9 Å². The molecule has 8 heteroatoms. The van der Waals surface area contributed by atoms with E-state index in [0.717, 1.165) is 32.4 Å². The molecule has 2 aliphatic rings. The maximum atomic E-state index is 14.2. The van der Waals surface area contributed by atoms with Crippen LogP contribution in [0.1, 0.15) is 19.3 Å². The second kappa shape index (κ2) is 5.15. The van der Waals surface area contributed by atoms with Crippen LogP contribution in [0.25, 0.3) is 10.9 Å². The van der Waals surface area contributed by atoms with Gasteiger partial charge in [-0.15, -0.1) is 0 Å². The summed E-state index contributed by atoms with van der Waals surface area (Å²) < 4.78 is 19.8. The van der Waals surface area contributed by atoms with E-state index in [-0.39, 0.29) is 21.5 Å². The first-order valence-electron chi connectivity index (χ1n) is 7.13. The molecule has 0 radical (unpaired) electrons. The van der Waals surface area contributed by atoms with Gasteiger partial charge in [0.25, 0.3) is 0 Å². The summed E-state index contributed by atoms with van der Waals surface area (Å²) in [7, 11) is 0. The number of hydrogen-bond acceptors (Lipinski definition) is 5. The zero-order chi connectivity index (χ0) is 15.3. The number of ether oxygens (including phenoxy) is 1. The zero-order valence-corrected chi connectivity index (χ0v) is 13.2. The van der Waals surface area contributed by atoms with Crippen LogP contribution >= 0.6 is 23.2 Å². The van der Waals surface area contributed by atoms with Crippen LogP contribution in [0.5, 0.6) is 0 Å². The average molecular weight is 343 g/mol. The molecule has 0 N–H and O–H groups in total. The van der Waals surface area contributed by atoms with E-state index < -0.39 is 5.82 Å². The predicted molar refractivity (Wildman–Crippen MR) is 82.1 cm³/mol. The molecule has 2 fully saturated rings. The summed E-state index contributed by atoms with van der Waals surface area (Å²) in [5.74, 6) is -0.0540. The van der Waals surface area contributed by atoms with Crippen LogP contribution in [-0.4, -0.2) is 40.2 Å². The molecule has 1 unspecified atom stereocenters. The molecule has 4 rings (SSSR count). The molecule has 116 valence electrons. The van der Waals surface area contributed by atoms with E-state index in [1.54, 1.807) is 0 Å². The molecular weight excluding hydrogens is 330 g/mol. The molecule has 5 nitrogen and oxygen atoms in total. The predicted octanol–water partition coefficient (Wildman–Crippen LogP) is 3.23. The topological polar surface area (TPSA) is 51.1 Å². The van der Waals surface area contributed by atoms with Crippen LogP contribution in [-0.2, 0) is 4.74 Å². The highest BCUT2D eigenvalue weighted by atomic mass is 35.5. The first-order valence-corrected chi connectivity index (χ1v) is 7.89. The van der Waals surface area contributed by atoms with Gasteiger partial charge in [-0.2, -0.15) is 4.98 Å². The van der Waals surface area contributed by atoms with Crippen molar-refractivity contribution in [3.8, 4) is 0 Å². The standard InChI is InChI=1S/C14H13Cl2FN4O/c15-11-9(17)10-8(6-18-11)12(20-13(16)19-10)21-4-1-2-14(21)3-5-22-7-14/h6H,1-5,7H2. The average Bonchev–Trinajstić information content (AvgIpc) is 3.13. The van der Waals surface area contributed by atoms with E-state index in [9.17, 15) is 4.39 Å². The lowest BCUT2D eigenvalue weighted by Crippen LogP contribution is -2.45. The fourth-order valence-electron chi connectivity index (χ4n) is 3.47. The summed E-state index contributed by atoms with van der Waals surface area (Å²) in [6, 6.07) is 0. The number of aromatic nitrogens is 3. The molecule has 0 bridgehead atoms. The lowest BCUT2D eigenvalue weighted by Gasteiger charge is -2.35. The van der Waals surface area contributed by atoms with Gasteiger partial charge in [-0.25, -0.2) is 14.4 Å². The lowest BCUT2D eigenvalue weighted by atomic mass is 9.95. The summed E-state index contributed by atoms with van der Waals surface area (Å²) in [4.78, 5) is 14.4. The second-order valence-electron chi connectivity index (χ2n) is 5.72. The van der Waals surface area contributed by atoms with E-state index in [1.165, 1.54) is 6.20 Å². The Labute approximate surface area is 136 Å². The third kappa shape index (κ3) is 2.05. The van der Waals surface area contributed by atoms with Crippen LogP contribution in [0.3, 0.4) is 0 Å². The molecule has 4 heterocycles. The maximum absolute atomic E-state index is 14.2. The van der Waals surface area contributed by atoms with Crippen molar-refractivity contribution in [1.82, 2.24) is 15.0 Å². The van der Waals surface area contributed by atoms with Crippen LogP contribution < -0.4 is 4.90 Å². The monoisotopic (exact) mass is 342 g/mol. The van der Waals surface area contributed by atoms with Crippen molar-refractivity contribution < 1.29 is 9.13 Å². The van der Waals surface area contributed by atoms with Crippen molar-refractivity contribution in [2.24, 2.45) is 0 Å². The molecule has 0 amide bonds. The van der Waals surface area contributed by atoms with Crippen LogP contribution in [0.15, 0.2) is 6.20 Å². The van der Waals surface area contributed by atoms with E-state index >= 15 is 0 Å². The smallest absolute Gasteiger partial charge is 0.225 e. The molecule has 1 spiro atoms. The molecule has 0 aromatic carbocycles. The Balaban J connectivity index is 1.93. The van der Waals surface area contributed by atoms with Gasteiger partial charge in [0.15, 0.2) is 11.0 Å². The number of anilines is 1. The highest BCUT2D eigenvalue weighted by molar-refractivity contribution is 6.30. The van der Waals surface area contributed by atoms with Gasteiger partial charge in [0.1, 0.15) is 11.3 Å². The Kier molecular flexibility index (Phi) is 3.36. The SMILES string of the molecule is Fc1c(Cl)ncc2c(N3CCCC34CCOC4)nc(Cl)nc12. The minimum absolute atomic E-state index is 0.00429. The van der Waals surface area contributed by atoms with Crippen LogP contribution in [0.4, 0.5) is 10.2 Å². The number of fused-ring (bicyclic) bond motifs is 1.